The van der Waals surface area contributed by atoms with Gasteiger partial charge in [-0.25, -0.2) is 0 Å². The van der Waals surface area contributed by atoms with E-state index in [1.54, 1.807) is 42.5 Å². The van der Waals surface area contributed by atoms with Crippen LogP contribution in [-0.4, -0.2) is 15.4 Å². The van der Waals surface area contributed by atoms with Gasteiger partial charge in [0.2, 0.25) is 0 Å². The lowest BCUT2D eigenvalue weighted by Gasteiger charge is -1.99. The molecule has 0 aliphatic heterocycles. The van der Waals surface area contributed by atoms with E-state index in [2.05, 4.69) is 6.07 Å². The highest BCUT2D eigenvalue weighted by atomic mass is 16.6. The second kappa shape index (κ2) is 7.29. The van der Waals surface area contributed by atoms with Crippen molar-refractivity contribution in [3.63, 3.8) is 0 Å². The number of furan rings is 1. The summed E-state index contributed by atoms with van der Waals surface area (Å²) in [6.07, 6.45) is 4.42. The van der Waals surface area contributed by atoms with E-state index in [1.165, 1.54) is 35.0 Å². The van der Waals surface area contributed by atoms with Gasteiger partial charge in [0.15, 0.2) is 0 Å². The lowest BCUT2D eigenvalue weighted by Crippen LogP contribution is -2.04. The number of nitro groups is 1. The first-order chi connectivity index (χ1) is 14.1. The largest absolute Gasteiger partial charge is 0.457 e. The third-order valence-corrected chi connectivity index (χ3v) is 4.45. The number of fused-ring (bicyclic) bond motifs is 1. The fraction of sp³-hybridized carbons (Fsp3) is 0. The predicted octanol–water partition coefficient (Wildman–Crippen LogP) is 5.03. The zero-order valence-corrected chi connectivity index (χ0v) is 15.0. The van der Waals surface area contributed by atoms with Crippen molar-refractivity contribution in [2.24, 2.45) is 0 Å². The van der Waals surface area contributed by atoms with Crippen molar-refractivity contribution in [3.8, 4) is 17.4 Å². The summed E-state index contributed by atoms with van der Waals surface area (Å²) >= 11 is 0. The van der Waals surface area contributed by atoms with Crippen LogP contribution in [-0.2, 0) is 0 Å². The second-order valence-electron chi connectivity index (χ2n) is 6.22. The molecule has 7 heteroatoms. The molecule has 0 aliphatic carbocycles. The fourth-order valence-electron chi connectivity index (χ4n) is 3.03. The minimum atomic E-state index is -0.464. The number of nitro benzene ring substituents is 1. The Morgan fingerprint density at radius 2 is 1.86 bits per heavy atom. The van der Waals surface area contributed by atoms with Crippen molar-refractivity contribution < 1.29 is 14.1 Å². The quantitative estimate of drug-likeness (QED) is 0.279. The Morgan fingerprint density at radius 3 is 2.59 bits per heavy atom. The van der Waals surface area contributed by atoms with Gasteiger partial charge in [0.05, 0.1) is 16.0 Å². The van der Waals surface area contributed by atoms with Gasteiger partial charge in [-0.05, 0) is 36.4 Å². The number of nitriles is 1. The first-order valence-corrected chi connectivity index (χ1v) is 8.64. The molecule has 0 atom stereocenters. The maximum atomic E-state index is 12.6. The normalized spacial score (nSPS) is 11.0. The van der Waals surface area contributed by atoms with Crippen molar-refractivity contribution in [1.82, 2.24) is 4.57 Å². The van der Waals surface area contributed by atoms with Crippen LogP contribution in [0.5, 0.6) is 0 Å². The Hall–Kier alpha value is -4.44. The van der Waals surface area contributed by atoms with E-state index >= 15 is 0 Å². The second-order valence-corrected chi connectivity index (χ2v) is 6.22. The Morgan fingerprint density at radius 1 is 1.10 bits per heavy atom. The van der Waals surface area contributed by atoms with E-state index in [0.29, 0.717) is 28.2 Å². The maximum Gasteiger partial charge on any atom is 0.269 e. The van der Waals surface area contributed by atoms with E-state index in [1.807, 2.05) is 6.07 Å². The van der Waals surface area contributed by atoms with Gasteiger partial charge in [0, 0.05) is 35.4 Å². The monoisotopic (exact) mass is 383 g/mol. The van der Waals surface area contributed by atoms with Gasteiger partial charge < -0.3 is 4.42 Å². The van der Waals surface area contributed by atoms with Crippen LogP contribution in [0.15, 0.2) is 77.4 Å². The summed E-state index contributed by atoms with van der Waals surface area (Å²) < 4.78 is 7.12. The molecule has 0 unspecified atom stereocenters. The van der Waals surface area contributed by atoms with Crippen molar-refractivity contribution >= 4 is 28.6 Å². The highest BCUT2D eigenvalue weighted by molar-refractivity contribution is 6.01. The van der Waals surface area contributed by atoms with Crippen LogP contribution in [0.3, 0.4) is 0 Å². The molecule has 4 aromatic rings. The summed E-state index contributed by atoms with van der Waals surface area (Å²) in [5, 5.41) is 20.7. The van der Waals surface area contributed by atoms with Gasteiger partial charge >= 0.3 is 0 Å². The zero-order chi connectivity index (χ0) is 20.4. The van der Waals surface area contributed by atoms with Gasteiger partial charge in [-0.1, -0.05) is 18.2 Å². The van der Waals surface area contributed by atoms with E-state index in [0.717, 1.165) is 5.39 Å². The minimum Gasteiger partial charge on any atom is -0.457 e. The van der Waals surface area contributed by atoms with E-state index in [4.69, 9.17) is 4.42 Å². The standard InChI is InChI=1S/C22H13N3O4/c23-13-16-14-24(20-4-2-1-3-19(16)20)22(26)12-10-18-9-11-21(29-18)15-5-7-17(8-6-15)25(27)28/h1-12,14H/b12-10+. The number of hydrogen-bond donors (Lipinski definition) is 0. The third kappa shape index (κ3) is 3.42. The SMILES string of the molecule is N#Cc1cn(C(=O)/C=C/c2ccc(-c3ccc([N+](=O)[O-])cc3)o2)c2ccccc12. The summed E-state index contributed by atoms with van der Waals surface area (Å²) in [7, 11) is 0. The molecule has 2 heterocycles. The summed E-state index contributed by atoms with van der Waals surface area (Å²) in [4.78, 5) is 22.9. The van der Waals surface area contributed by atoms with Gasteiger partial charge in [-0.2, -0.15) is 5.26 Å². The zero-order valence-electron chi connectivity index (χ0n) is 15.0. The highest BCUT2D eigenvalue weighted by Crippen LogP contribution is 2.25. The number of para-hydroxylation sites is 1. The first kappa shape index (κ1) is 17.9. The number of allylic oxidation sites excluding steroid dienone is 1. The molecule has 0 fully saturated rings. The Kier molecular flexibility index (Phi) is 4.51. The van der Waals surface area contributed by atoms with E-state index in [-0.39, 0.29) is 11.6 Å². The summed E-state index contributed by atoms with van der Waals surface area (Å²) in [6, 6.07) is 18.7. The Labute approximate surface area is 164 Å². The number of rotatable bonds is 4. The molecule has 0 saturated heterocycles. The molecule has 7 nitrogen and oxygen atoms in total. The van der Waals surface area contributed by atoms with Gasteiger partial charge in [0.25, 0.3) is 11.6 Å². The average Bonchev–Trinajstić information content (AvgIpc) is 3.37. The summed E-state index contributed by atoms with van der Waals surface area (Å²) in [5.41, 5.74) is 1.78. The summed E-state index contributed by atoms with van der Waals surface area (Å²) in [5.74, 6) is 0.685. The minimum absolute atomic E-state index is 0.00158. The predicted molar refractivity (Wildman–Crippen MR) is 107 cm³/mol. The van der Waals surface area contributed by atoms with Gasteiger partial charge in [-0.15, -0.1) is 0 Å². The molecule has 2 aromatic carbocycles. The van der Waals surface area contributed by atoms with Crippen LogP contribution < -0.4 is 0 Å². The topological polar surface area (TPSA) is 102 Å². The Bertz CT molecular complexity index is 1300. The molecule has 0 spiro atoms. The number of non-ortho nitro benzene ring substituents is 1. The molecular weight excluding hydrogens is 370 g/mol. The van der Waals surface area contributed by atoms with Crippen LogP contribution in [0.2, 0.25) is 0 Å². The third-order valence-electron chi connectivity index (χ3n) is 4.45. The van der Waals surface area contributed by atoms with Crippen molar-refractivity contribution in [3.05, 3.63) is 94.4 Å². The van der Waals surface area contributed by atoms with E-state index < -0.39 is 4.92 Å². The van der Waals surface area contributed by atoms with Crippen molar-refractivity contribution in [2.45, 2.75) is 0 Å². The van der Waals surface area contributed by atoms with Crippen molar-refractivity contribution in [1.29, 1.82) is 5.26 Å². The van der Waals surface area contributed by atoms with Gasteiger partial charge in [0.1, 0.15) is 17.6 Å². The van der Waals surface area contributed by atoms with E-state index in [9.17, 15) is 20.2 Å². The van der Waals surface area contributed by atoms with Crippen LogP contribution in [0.1, 0.15) is 16.1 Å². The number of carbonyl (C=O) groups is 1. The molecule has 0 N–H and O–H groups in total. The average molecular weight is 383 g/mol. The molecular formula is C22H13N3O4. The number of nitrogens with zero attached hydrogens (tertiary/aromatic N) is 3. The molecule has 0 saturated carbocycles. The number of hydrogen-bond acceptors (Lipinski definition) is 5. The van der Waals surface area contributed by atoms with Gasteiger partial charge in [-0.3, -0.25) is 19.5 Å². The van der Waals surface area contributed by atoms with Crippen LogP contribution in [0.4, 0.5) is 5.69 Å². The Balaban J connectivity index is 1.57. The molecule has 0 amide bonds. The smallest absolute Gasteiger partial charge is 0.269 e. The lowest BCUT2D eigenvalue weighted by molar-refractivity contribution is -0.384. The molecule has 0 bridgehead atoms. The molecule has 29 heavy (non-hydrogen) atoms. The molecule has 0 aliphatic rings. The lowest BCUT2D eigenvalue weighted by atomic mass is 10.1. The molecule has 140 valence electrons. The number of carbonyl (C=O) groups excluding carboxylic acids is 1. The number of aromatic nitrogens is 1. The molecule has 0 radical (unpaired) electrons. The summed E-state index contributed by atoms with van der Waals surface area (Å²) in [6.45, 7) is 0. The number of benzene rings is 2. The van der Waals surface area contributed by atoms with Crippen LogP contribution in [0, 0.1) is 21.4 Å². The fourth-order valence-corrected chi connectivity index (χ4v) is 3.03. The first-order valence-electron chi connectivity index (χ1n) is 8.64. The maximum absolute atomic E-state index is 12.6. The van der Waals surface area contributed by atoms with Crippen LogP contribution >= 0.6 is 0 Å². The molecule has 4 rings (SSSR count). The highest BCUT2D eigenvalue weighted by Gasteiger charge is 2.12. The van der Waals surface area contributed by atoms with Crippen LogP contribution in [0.25, 0.3) is 28.3 Å². The van der Waals surface area contributed by atoms with Crippen molar-refractivity contribution in [2.75, 3.05) is 0 Å². The molecule has 2 aromatic heterocycles.